The molecule has 0 radical (unpaired) electrons. The summed E-state index contributed by atoms with van der Waals surface area (Å²) in [5, 5.41) is 17.2. The van der Waals surface area contributed by atoms with Gasteiger partial charge in [0.2, 0.25) is 23.6 Å². The summed E-state index contributed by atoms with van der Waals surface area (Å²) in [6.07, 6.45) is 1.49. The summed E-state index contributed by atoms with van der Waals surface area (Å²) in [6.45, 7) is 0.531. The van der Waals surface area contributed by atoms with Crippen molar-refractivity contribution in [3.8, 4) is 0 Å². The predicted octanol–water partition coefficient (Wildman–Crippen LogP) is 3.58. The number of urea groups is 1. The van der Waals surface area contributed by atoms with Crippen molar-refractivity contribution in [1.29, 1.82) is 0 Å². The lowest BCUT2D eigenvalue weighted by Gasteiger charge is -2.25. The largest absolute Gasteiger partial charge is 0.389 e. The highest BCUT2D eigenvalue weighted by atomic mass is 32.7. The fourth-order valence-electron chi connectivity index (χ4n) is 10.1. The van der Waals surface area contributed by atoms with E-state index >= 15 is 8.96 Å². The number of carbonyl (C=O) groups is 5. The zero-order valence-electron chi connectivity index (χ0n) is 47.1. The highest BCUT2D eigenvalue weighted by molar-refractivity contribution is 8.54. The number of nitrogens with one attached hydrogen (secondary N) is 7. The molecular formula is C51H68FN15O15P2S2. The maximum absolute atomic E-state index is 15.7. The average molecular weight is 1280 g/mol. The number of rotatable bonds is 32. The van der Waals surface area contributed by atoms with Gasteiger partial charge in [-0.3, -0.25) is 46.7 Å². The third-order valence-corrected chi connectivity index (χ3v) is 20.0. The molecule has 6 amide bonds. The van der Waals surface area contributed by atoms with Crippen molar-refractivity contribution in [2.45, 2.75) is 131 Å². The van der Waals surface area contributed by atoms with Gasteiger partial charge < -0.3 is 61.6 Å². The molecule has 0 saturated carbocycles. The van der Waals surface area contributed by atoms with Crippen LogP contribution in [0.1, 0.15) is 77.3 Å². The number of halogens is 1. The van der Waals surface area contributed by atoms with Gasteiger partial charge >= 0.3 is 21.5 Å². The average Bonchev–Trinajstić information content (AvgIpc) is 1.90. The Bertz CT molecular complexity index is 3300. The molecule has 9 rings (SSSR count). The summed E-state index contributed by atoms with van der Waals surface area (Å²) < 4.78 is 86.0. The van der Waals surface area contributed by atoms with Gasteiger partial charge in [-0.05, 0) is 54.8 Å². The minimum atomic E-state index is -4.29. The molecule has 2 unspecified atom stereocenters. The Kier molecular flexibility index (Phi) is 22.5. The second-order valence-corrected chi connectivity index (χ2v) is 26.7. The first-order valence-electron chi connectivity index (χ1n) is 27.9. The van der Waals surface area contributed by atoms with Crippen LogP contribution in [0.4, 0.5) is 20.7 Å². The maximum atomic E-state index is 15.7. The number of alkyl halides is 1. The van der Waals surface area contributed by atoms with E-state index in [0.717, 1.165) is 36.4 Å². The van der Waals surface area contributed by atoms with Crippen molar-refractivity contribution in [2.75, 3.05) is 63.0 Å². The number of aromatic nitrogens is 8. The molecule has 9 N–H and O–H groups in total. The minimum Gasteiger partial charge on any atom is -0.382 e. The fourth-order valence-corrected chi connectivity index (χ4v) is 15.3. The number of fused-ring (bicyclic) bond motifs is 3. The predicted molar refractivity (Wildman–Crippen MR) is 311 cm³/mol. The number of nitrogens with zero attached hydrogens (tertiary/aromatic N) is 7. The lowest BCUT2D eigenvalue weighted by molar-refractivity contribution is -0.133. The molecule has 4 fully saturated rings. The van der Waals surface area contributed by atoms with E-state index < -0.39 is 87.8 Å². The van der Waals surface area contributed by atoms with Crippen molar-refractivity contribution >= 4 is 102 Å². The molecule has 4 aromatic heterocycles. The summed E-state index contributed by atoms with van der Waals surface area (Å²) in [5.74, 6) is -1.08. The van der Waals surface area contributed by atoms with Gasteiger partial charge in [-0.15, -0.1) is 0 Å². The topological polar surface area (TPSA) is 389 Å². The molecular weight excluding hydrogens is 1210 g/mol. The summed E-state index contributed by atoms with van der Waals surface area (Å²) in [7, 11) is -0.654. The number of unbranched alkanes of at least 4 members (excludes halogenated alkanes) is 1. The fraction of sp³-hybridized carbons (Fsp3) is 0.588. The Morgan fingerprint density at radius 3 is 2.50 bits per heavy atom. The molecule has 4 aliphatic heterocycles. The number of benzene rings is 1. The van der Waals surface area contributed by atoms with Crippen molar-refractivity contribution in [3.63, 3.8) is 0 Å². The first kappa shape index (κ1) is 64.2. The highest BCUT2D eigenvalue weighted by Crippen LogP contribution is 2.64. The summed E-state index contributed by atoms with van der Waals surface area (Å²) >= 11 is 2.67. The van der Waals surface area contributed by atoms with Crippen LogP contribution in [0.25, 0.3) is 22.3 Å². The van der Waals surface area contributed by atoms with E-state index in [1.807, 2.05) is 11.8 Å². The van der Waals surface area contributed by atoms with E-state index in [-0.39, 0.29) is 116 Å². The van der Waals surface area contributed by atoms with Gasteiger partial charge in [0.25, 0.3) is 5.56 Å². The van der Waals surface area contributed by atoms with Gasteiger partial charge in [0.05, 0.1) is 70.2 Å². The van der Waals surface area contributed by atoms with Crippen LogP contribution in [0.5, 0.6) is 0 Å². The number of anilines is 2. The van der Waals surface area contributed by atoms with E-state index in [1.165, 1.54) is 41.4 Å². The number of hydrogen-bond acceptors (Lipinski definition) is 23. The Labute approximate surface area is 501 Å². The van der Waals surface area contributed by atoms with Gasteiger partial charge in [0.15, 0.2) is 28.9 Å². The third kappa shape index (κ3) is 16.7. The van der Waals surface area contributed by atoms with Crippen LogP contribution in [0.15, 0.2) is 54.4 Å². The minimum absolute atomic E-state index is 0.0231. The van der Waals surface area contributed by atoms with Crippen LogP contribution in [-0.4, -0.2) is 175 Å². The monoisotopic (exact) mass is 1280 g/mol. The normalized spacial score (nSPS) is 24.1. The van der Waals surface area contributed by atoms with Crippen LogP contribution >= 0.6 is 38.6 Å². The van der Waals surface area contributed by atoms with E-state index in [2.05, 4.69) is 61.8 Å². The molecule has 8 heterocycles. The molecule has 0 aliphatic carbocycles. The van der Waals surface area contributed by atoms with Crippen LogP contribution in [0.2, 0.25) is 0 Å². The quantitative estimate of drug-likeness (QED) is 0.0173. The molecule has 4 saturated heterocycles. The van der Waals surface area contributed by atoms with E-state index in [0.29, 0.717) is 29.5 Å². The van der Waals surface area contributed by atoms with Gasteiger partial charge in [0, 0.05) is 48.3 Å². The number of amides is 6. The van der Waals surface area contributed by atoms with Crippen LogP contribution < -0.4 is 43.2 Å². The first-order chi connectivity index (χ1) is 41.4. The van der Waals surface area contributed by atoms with Crippen molar-refractivity contribution in [3.05, 3.63) is 65.5 Å². The number of imidazole rings is 2. The van der Waals surface area contributed by atoms with Crippen LogP contribution in [0.3, 0.4) is 0 Å². The van der Waals surface area contributed by atoms with Gasteiger partial charge in [0.1, 0.15) is 55.1 Å². The van der Waals surface area contributed by atoms with E-state index in [4.69, 9.17) is 38.3 Å². The zero-order chi connectivity index (χ0) is 60.9. The number of thioether (sulfide) groups is 1. The molecule has 1 aromatic carbocycles. The van der Waals surface area contributed by atoms with Crippen molar-refractivity contribution < 1.29 is 70.0 Å². The zero-order valence-corrected chi connectivity index (χ0v) is 50.5. The summed E-state index contributed by atoms with van der Waals surface area (Å²) in [6, 6.07) is 4.73. The number of carbonyl (C=O) groups excluding carboxylic acids is 5. The van der Waals surface area contributed by atoms with Gasteiger partial charge in [-0.25, -0.2) is 43.2 Å². The molecule has 0 bridgehead atoms. The molecule has 0 spiro atoms. The molecule has 30 nitrogen and oxygen atoms in total. The second kappa shape index (κ2) is 30.1. The maximum Gasteiger partial charge on any atom is 0.389 e. The van der Waals surface area contributed by atoms with E-state index in [9.17, 15) is 33.3 Å². The molecule has 35 heteroatoms. The molecule has 12 atom stereocenters. The highest BCUT2D eigenvalue weighted by Gasteiger charge is 2.46. The smallest absolute Gasteiger partial charge is 0.382 e. The van der Waals surface area contributed by atoms with Crippen molar-refractivity contribution in [2.24, 2.45) is 5.92 Å². The standard InChI is InChI=1S/C51H68FN15O15P2S2/c1-27(2)40(64-38(69)20-77-15-14-76-13-12-54-37(68)7-5-4-6-36-41-33(22-85-36)63-51(73)65-41)49(72)61-28(3)47(70)62-30-10-8-29(9-11-30)21-86-84(75,79-18-31-16-32(52)50(80-31)67-26-59-42-44(53)55-23-56-45(42)67)82-34-17-39(81-35(34)19-78-83-74)66-25-60-43-46(66)57-24-58-48(43)71/h8-11,23-28,31-36,39-41,50H,4-7,12-22H2,1-3H3,(H,54,68)(H,61,72)(H,62,70)(H,64,69)(H2,53,55,56)(H,57,58,71)(H2,63,65,73)/t28-,31-,32+,33-,34-,35+,36?,39+,40-,41-,50+,84?/m0/s1. The Morgan fingerprint density at radius 1 is 0.919 bits per heavy atom. The number of nitrogen functional groups attached to an aromatic ring is 1. The summed E-state index contributed by atoms with van der Waals surface area (Å²) in [5.41, 5.74) is 7.24. The first-order valence-corrected chi connectivity index (χ1v) is 32.8. The number of hydrogen-bond donors (Lipinski definition) is 8. The summed E-state index contributed by atoms with van der Waals surface area (Å²) in [4.78, 5) is 99.1. The SMILES string of the molecule is CC(C)[C@H](NC(=O)COCCOCCNC(=O)CCCCC1SC[C@@H]2NC(=O)N[C@H]12)C(=O)N[C@@H](C)C(=O)Nc1ccc(CSP(=O)(OC[C@@H]2C[C@@H](F)[C@H](n3cnc4c(N)ncnc43)O2)O[C@H]2C[C@H](n3cnc4c(=O)[nH]cnc43)O[C@@H]2COP=O)cc1. The second-order valence-electron chi connectivity index (χ2n) is 21.0. The van der Waals surface area contributed by atoms with Crippen LogP contribution in [0, 0.1) is 5.92 Å². The lowest BCUT2D eigenvalue weighted by atomic mass is 10.0. The number of nitrogens with two attached hydrogens (primary N) is 1. The number of H-pyrrole nitrogens is 1. The van der Waals surface area contributed by atoms with E-state index in [1.54, 1.807) is 38.1 Å². The molecule has 86 heavy (non-hydrogen) atoms. The van der Waals surface area contributed by atoms with Crippen molar-refractivity contribution in [1.82, 2.24) is 65.6 Å². The third-order valence-electron chi connectivity index (χ3n) is 14.5. The Morgan fingerprint density at radius 2 is 1.70 bits per heavy atom. The number of aromatic amines is 1. The Balaban J connectivity index is 0.722. The number of ether oxygens (including phenoxy) is 4. The lowest BCUT2D eigenvalue weighted by Crippen LogP contribution is -2.54. The van der Waals surface area contributed by atoms with Gasteiger partial charge in [-0.1, -0.05) is 32.4 Å². The Hall–Kier alpha value is -6.25. The molecule has 4 aliphatic rings. The van der Waals surface area contributed by atoms with Crippen LogP contribution in [-0.2, 0) is 66.6 Å². The van der Waals surface area contributed by atoms with Gasteiger partial charge in [-0.2, -0.15) is 11.8 Å². The molecule has 5 aromatic rings. The molecule has 466 valence electrons.